The Balaban J connectivity index is 0.00000300. The van der Waals surface area contributed by atoms with Crippen molar-refractivity contribution in [2.24, 2.45) is 10.9 Å². The van der Waals surface area contributed by atoms with Gasteiger partial charge in [-0.1, -0.05) is 23.7 Å². The first-order chi connectivity index (χ1) is 13.5. The molecule has 160 valence electrons. The Hall–Kier alpha value is -1.39. The summed E-state index contributed by atoms with van der Waals surface area (Å²) in [6.07, 6.45) is 0.625. The minimum absolute atomic E-state index is 0. The topological polar surface area (TPSA) is 78.6 Å². The van der Waals surface area contributed by atoms with Crippen LogP contribution < -0.4 is 10.6 Å². The van der Waals surface area contributed by atoms with E-state index in [0.29, 0.717) is 47.7 Å². The number of aromatic nitrogens is 2. The number of halogens is 2. The molecule has 2 heterocycles. The standard InChI is InChI=1S/C20H29ClN6O.HI/c1-13(2)27-11-14(3)17(12-27)24-20(22-4)23-10-9-18-25-19(26-28-18)15-5-7-16(21)8-6-15;/h5-8,13-14,17H,9-12H2,1-4H3,(H2,22,23,24);1H. The summed E-state index contributed by atoms with van der Waals surface area (Å²) in [7, 11) is 1.79. The van der Waals surface area contributed by atoms with Crippen LogP contribution in [0.2, 0.25) is 5.02 Å². The highest BCUT2D eigenvalue weighted by atomic mass is 127. The number of hydrogen-bond donors (Lipinski definition) is 2. The fourth-order valence-electron chi connectivity index (χ4n) is 3.34. The normalized spacial score (nSPS) is 20.0. The van der Waals surface area contributed by atoms with Gasteiger partial charge in [-0.05, 0) is 44.0 Å². The third-order valence-electron chi connectivity index (χ3n) is 5.12. The van der Waals surface area contributed by atoms with E-state index >= 15 is 0 Å². The highest BCUT2D eigenvalue weighted by molar-refractivity contribution is 14.0. The number of rotatable bonds is 6. The minimum Gasteiger partial charge on any atom is -0.356 e. The molecule has 0 bridgehead atoms. The monoisotopic (exact) mass is 532 g/mol. The van der Waals surface area contributed by atoms with Gasteiger partial charge in [0.05, 0.1) is 0 Å². The van der Waals surface area contributed by atoms with Gasteiger partial charge >= 0.3 is 0 Å². The van der Waals surface area contributed by atoms with Gasteiger partial charge in [0, 0.05) is 55.8 Å². The van der Waals surface area contributed by atoms with Crippen molar-refractivity contribution in [1.82, 2.24) is 25.7 Å². The molecule has 0 aliphatic carbocycles. The molecule has 1 aromatic carbocycles. The van der Waals surface area contributed by atoms with Crippen molar-refractivity contribution in [3.63, 3.8) is 0 Å². The first-order valence-corrected chi connectivity index (χ1v) is 10.1. The van der Waals surface area contributed by atoms with Crippen molar-refractivity contribution in [3.05, 3.63) is 35.2 Å². The average molecular weight is 533 g/mol. The molecule has 1 saturated heterocycles. The zero-order valence-corrected chi connectivity index (χ0v) is 20.4. The summed E-state index contributed by atoms with van der Waals surface area (Å²) in [6, 6.07) is 8.35. The van der Waals surface area contributed by atoms with Crippen LogP contribution in [0.5, 0.6) is 0 Å². The second kappa shape index (κ2) is 11.1. The quantitative estimate of drug-likeness (QED) is 0.337. The number of benzene rings is 1. The molecule has 0 spiro atoms. The first-order valence-electron chi connectivity index (χ1n) is 9.76. The van der Waals surface area contributed by atoms with Gasteiger partial charge in [0.25, 0.3) is 0 Å². The molecule has 0 radical (unpaired) electrons. The molecule has 29 heavy (non-hydrogen) atoms. The lowest BCUT2D eigenvalue weighted by molar-refractivity contribution is 0.265. The number of guanidine groups is 1. The molecular weight excluding hydrogens is 503 g/mol. The van der Waals surface area contributed by atoms with Crippen molar-refractivity contribution in [1.29, 1.82) is 0 Å². The Morgan fingerprint density at radius 1 is 1.31 bits per heavy atom. The third-order valence-corrected chi connectivity index (χ3v) is 5.37. The van der Waals surface area contributed by atoms with E-state index in [2.05, 4.69) is 51.4 Å². The summed E-state index contributed by atoms with van der Waals surface area (Å²) in [6.45, 7) is 9.58. The van der Waals surface area contributed by atoms with Crippen LogP contribution in [0.4, 0.5) is 0 Å². The molecule has 2 aromatic rings. The van der Waals surface area contributed by atoms with Crippen LogP contribution in [-0.2, 0) is 6.42 Å². The third kappa shape index (κ3) is 6.55. The summed E-state index contributed by atoms with van der Waals surface area (Å²) < 4.78 is 5.35. The smallest absolute Gasteiger partial charge is 0.228 e. The van der Waals surface area contributed by atoms with Gasteiger partial charge in [0.1, 0.15) is 0 Å². The molecule has 1 fully saturated rings. The number of hydrogen-bond acceptors (Lipinski definition) is 5. The van der Waals surface area contributed by atoms with Gasteiger partial charge in [-0.15, -0.1) is 24.0 Å². The summed E-state index contributed by atoms with van der Waals surface area (Å²) in [5.41, 5.74) is 0.884. The molecule has 1 aromatic heterocycles. The van der Waals surface area contributed by atoms with E-state index in [1.54, 1.807) is 7.05 Å². The molecule has 9 heteroatoms. The van der Waals surface area contributed by atoms with E-state index in [1.807, 2.05) is 24.3 Å². The van der Waals surface area contributed by atoms with Gasteiger partial charge in [-0.25, -0.2) is 0 Å². The first kappa shape index (κ1) is 23.9. The molecule has 1 aliphatic rings. The van der Waals surface area contributed by atoms with Gasteiger partial charge in [-0.2, -0.15) is 4.98 Å². The van der Waals surface area contributed by atoms with Crippen molar-refractivity contribution >= 4 is 41.5 Å². The molecule has 2 unspecified atom stereocenters. The molecule has 2 N–H and O–H groups in total. The van der Waals surface area contributed by atoms with E-state index < -0.39 is 0 Å². The molecule has 0 saturated carbocycles. The molecule has 0 amide bonds. The number of nitrogens with zero attached hydrogens (tertiary/aromatic N) is 4. The summed E-state index contributed by atoms with van der Waals surface area (Å²) in [5, 5.41) is 11.6. The molecule has 3 rings (SSSR count). The molecule has 1 aliphatic heterocycles. The molecule has 2 atom stereocenters. The number of likely N-dealkylation sites (tertiary alicyclic amines) is 1. The van der Waals surface area contributed by atoms with Crippen LogP contribution in [0.3, 0.4) is 0 Å². The average Bonchev–Trinajstić information content (AvgIpc) is 3.29. The lowest BCUT2D eigenvalue weighted by atomic mass is 10.1. The van der Waals surface area contributed by atoms with E-state index in [-0.39, 0.29) is 24.0 Å². The van der Waals surface area contributed by atoms with Crippen molar-refractivity contribution in [2.45, 2.75) is 39.3 Å². The van der Waals surface area contributed by atoms with Crippen molar-refractivity contribution in [3.8, 4) is 11.4 Å². The van der Waals surface area contributed by atoms with Gasteiger partial charge in [-0.3, -0.25) is 9.89 Å². The van der Waals surface area contributed by atoms with Crippen molar-refractivity contribution < 1.29 is 4.52 Å². The van der Waals surface area contributed by atoms with E-state index in [1.165, 1.54) is 0 Å². The second-order valence-corrected chi connectivity index (χ2v) is 7.98. The maximum absolute atomic E-state index is 5.92. The van der Waals surface area contributed by atoms with Gasteiger partial charge in [0.2, 0.25) is 11.7 Å². The Labute approximate surface area is 194 Å². The Kier molecular flexibility index (Phi) is 9.16. The van der Waals surface area contributed by atoms with Crippen LogP contribution in [0.15, 0.2) is 33.8 Å². The zero-order valence-electron chi connectivity index (χ0n) is 17.4. The van der Waals surface area contributed by atoms with E-state index in [0.717, 1.165) is 24.6 Å². The van der Waals surface area contributed by atoms with E-state index in [4.69, 9.17) is 16.1 Å². The zero-order chi connectivity index (χ0) is 20.1. The molecule has 7 nitrogen and oxygen atoms in total. The van der Waals surface area contributed by atoms with Crippen LogP contribution in [0.1, 0.15) is 26.7 Å². The predicted molar refractivity (Wildman–Crippen MR) is 128 cm³/mol. The predicted octanol–water partition coefficient (Wildman–Crippen LogP) is 3.44. The maximum atomic E-state index is 5.92. The van der Waals surface area contributed by atoms with Gasteiger partial charge in [0.15, 0.2) is 5.96 Å². The van der Waals surface area contributed by atoms with Crippen LogP contribution in [-0.4, -0.2) is 59.8 Å². The number of nitrogens with one attached hydrogen (secondary N) is 2. The van der Waals surface area contributed by atoms with Gasteiger partial charge < -0.3 is 15.2 Å². The lowest BCUT2D eigenvalue weighted by Gasteiger charge is -2.21. The van der Waals surface area contributed by atoms with Crippen LogP contribution >= 0.6 is 35.6 Å². The van der Waals surface area contributed by atoms with Crippen LogP contribution in [0, 0.1) is 5.92 Å². The summed E-state index contributed by atoms with van der Waals surface area (Å²) in [5.74, 6) is 2.55. The Morgan fingerprint density at radius 3 is 2.66 bits per heavy atom. The summed E-state index contributed by atoms with van der Waals surface area (Å²) >= 11 is 5.92. The van der Waals surface area contributed by atoms with E-state index in [9.17, 15) is 0 Å². The van der Waals surface area contributed by atoms with Crippen molar-refractivity contribution in [2.75, 3.05) is 26.7 Å². The Morgan fingerprint density at radius 2 is 2.03 bits per heavy atom. The maximum Gasteiger partial charge on any atom is 0.228 e. The fourth-order valence-corrected chi connectivity index (χ4v) is 3.47. The largest absolute Gasteiger partial charge is 0.356 e. The Bertz CT molecular complexity index is 795. The SMILES string of the molecule is CN=C(NCCc1nc(-c2ccc(Cl)cc2)no1)NC1CN(C(C)C)CC1C.I. The number of aliphatic imine (C=N–C) groups is 1. The highest BCUT2D eigenvalue weighted by Gasteiger charge is 2.31. The van der Waals surface area contributed by atoms with Crippen LogP contribution in [0.25, 0.3) is 11.4 Å². The lowest BCUT2D eigenvalue weighted by Crippen LogP contribution is -2.47. The fraction of sp³-hybridized carbons (Fsp3) is 0.550. The summed E-state index contributed by atoms with van der Waals surface area (Å²) in [4.78, 5) is 11.3. The highest BCUT2D eigenvalue weighted by Crippen LogP contribution is 2.19. The second-order valence-electron chi connectivity index (χ2n) is 7.54. The molecular formula is C20H30ClIN6O. The minimum atomic E-state index is 0.